The number of morpholine rings is 1. The van der Waals surface area contributed by atoms with Crippen LogP contribution < -0.4 is 31.6 Å². The number of hydrogen-bond acceptors (Lipinski definition) is 12. The Morgan fingerprint density at radius 3 is 1.54 bits per heavy atom. The predicted octanol–water partition coefficient (Wildman–Crippen LogP) is 3.40. The molecule has 20 nitrogen and oxygen atoms in total. The van der Waals surface area contributed by atoms with E-state index in [9.17, 15) is 19.2 Å². The van der Waals surface area contributed by atoms with Crippen molar-refractivity contribution in [3.8, 4) is 11.5 Å². The number of carbonyl (C=O) groups is 4. The number of hydrogen-bond donors (Lipinski definition) is 4. The molecule has 2 fully saturated rings. The van der Waals surface area contributed by atoms with Crippen LogP contribution in [0, 0.1) is 13.8 Å². The number of carbonyl (C=O) groups excluding carboxylic acids is 4. The van der Waals surface area contributed by atoms with Crippen molar-refractivity contribution in [1.29, 1.82) is 0 Å². The largest absolute Gasteiger partial charge is 0.490 e. The topological polar surface area (TPSA) is 247 Å². The Balaban J connectivity index is 1.18. The summed E-state index contributed by atoms with van der Waals surface area (Å²) < 4.78 is 26.5. The van der Waals surface area contributed by atoms with Gasteiger partial charge in [-0.3, -0.25) is 44.1 Å². The summed E-state index contributed by atoms with van der Waals surface area (Å²) in [6.07, 6.45) is 5.71. The summed E-state index contributed by atoms with van der Waals surface area (Å²) in [6.45, 7) is 10.2. The van der Waals surface area contributed by atoms with E-state index in [1.807, 2.05) is 39.8 Å². The van der Waals surface area contributed by atoms with Gasteiger partial charge in [0.1, 0.15) is 47.1 Å². The molecular formula is C43H49N13O7. The van der Waals surface area contributed by atoms with E-state index in [1.165, 1.54) is 0 Å². The van der Waals surface area contributed by atoms with Crippen LogP contribution in [-0.2, 0) is 30.9 Å². The smallest absolute Gasteiger partial charge is 0.276 e. The second-order valence-corrected chi connectivity index (χ2v) is 16.0. The quantitative estimate of drug-likeness (QED) is 0.153. The number of ether oxygens (including phenoxy) is 3. The lowest BCUT2D eigenvalue weighted by molar-refractivity contribution is -0.0639. The molecule has 7 heterocycles. The number of primary amides is 2. The van der Waals surface area contributed by atoms with Crippen LogP contribution in [0.2, 0.25) is 0 Å². The third-order valence-electron chi connectivity index (χ3n) is 11.7. The second-order valence-electron chi connectivity index (χ2n) is 16.0. The lowest BCUT2D eigenvalue weighted by Gasteiger charge is -2.37. The molecule has 6 N–H and O–H groups in total. The molecule has 0 aliphatic carbocycles. The average Bonchev–Trinajstić information content (AvgIpc) is 4.08. The zero-order valence-electron chi connectivity index (χ0n) is 35.5. The Morgan fingerprint density at radius 1 is 0.683 bits per heavy atom. The molecule has 2 aromatic carbocycles. The highest BCUT2D eigenvalue weighted by Crippen LogP contribution is 2.35. The molecule has 20 heteroatoms. The van der Waals surface area contributed by atoms with Crippen molar-refractivity contribution in [2.75, 3.05) is 36.9 Å². The number of nitrogens with two attached hydrogens (primary N) is 2. The number of aryl methyl sites for hydroxylation is 4. The van der Waals surface area contributed by atoms with Crippen LogP contribution in [0.15, 0.2) is 48.6 Å². The fraction of sp³-hybridized carbons (Fsp3) is 0.395. The van der Waals surface area contributed by atoms with Crippen molar-refractivity contribution in [3.05, 3.63) is 82.5 Å². The molecule has 2 unspecified atom stereocenters. The Morgan fingerprint density at radius 2 is 1.13 bits per heavy atom. The number of aromatic nitrogens is 8. The molecule has 0 saturated carbocycles. The molecule has 9 rings (SSSR count). The van der Waals surface area contributed by atoms with E-state index in [2.05, 4.69) is 25.7 Å². The SMILES string of the molecule is CCn1nc(C)cc1C(=O)Nc1nc2cc(C(N)=O)cc3c2n1C/C=C/Cn1c(NC(=O)c2cc(C)nn2CC)nc2cc(C(N)=O)cc(c21)OCC(N1CC2CCC(C1)O2)CO3. The number of imidazole rings is 2. The predicted molar refractivity (Wildman–Crippen MR) is 231 cm³/mol. The molecule has 2 saturated heterocycles. The fourth-order valence-corrected chi connectivity index (χ4v) is 8.72. The minimum Gasteiger partial charge on any atom is -0.490 e. The van der Waals surface area contributed by atoms with E-state index in [-0.39, 0.29) is 67.6 Å². The maximum atomic E-state index is 13.9. The number of likely N-dealkylation sites (tertiary alicyclic amines) is 1. The third kappa shape index (κ3) is 7.98. The number of nitrogens with zero attached hydrogens (tertiary/aromatic N) is 9. The van der Waals surface area contributed by atoms with Gasteiger partial charge >= 0.3 is 0 Å². The summed E-state index contributed by atoms with van der Waals surface area (Å²) >= 11 is 0. The van der Waals surface area contributed by atoms with Gasteiger partial charge in [-0.15, -0.1) is 0 Å². The summed E-state index contributed by atoms with van der Waals surface area (Å²) in [5.41, 5.74) is 15.9. The molecular weight excluding hydrogens is 811 g/mol. The van der Waals surface area contributed by atoms with Crippen LogP contribution >= 0.6 is 0 Å². The van der Waals surface area contributed by atoms with Gasteiger partial charge in [0.05, 0.1) is 40.7 Å². The number of fused-ring (bicyclic) bond motifs is 2. The van der Waals surface area contributed by atoms with E-state index in [4.69, 9.17) is 35.6 Å². The van der Waals surface area contributed by atoms with Crippen LogP contribution in [0.4, 0.5) is 11.9 Å². The lowest BCUT2D eigenvalue weighted by atomic mass is 10.1. The molecule has 4 amide bonds. The molecule has 2 bridgehead atoms. The highest BCUT2D eigenvalue weighted by molar-refractivity contribution is 6.05. The summed E-state index contributed by atoms with van der Waals surface area (Å²) in [5.74, 6) is -1.14. The maximum absolute atomic E-state index is 13.9. The standard InChI is InChI=1S/C43H49N13O7/c1-5-55-32(13-23(3)50-55)40(59)48-42-46-30-15-25(38(44)57)17-34-36(30)53(42)11-7-8-12-54-37-31(47-43(54)49-41(60)33-14-24(4)51-56(33)6-2)16-26(39(45)58)18-35(37)62-22-27(21-61-34)52-19-28-9-10-29(20-52)63-28/h7-8,13-18,27-29H,5-6,9-12,19-22H2,1-4H3,(H2,44,57)(H2,45,58)(H,46,48,59)(H,47,49,60)/b8-7+. The molecule has 63 heavy (non-hydrogen) atoms. The van der Waals surface area contributed by atoms with E-state index in [1.54, 1.807) is 54.9 Å². The number of rotatable bonds is 9. The van der Waals surface area contributed by atoms with Crippen molar-refractivity contribution >= 4 is 57.6 Å². The van der Waals surface area contributed by atoms with Gasteiger partial charge < -0.3 is 34.8 Å². The summed E-state index contributed by atoms with van der Waals surface area (Å²) in [4.78, 5) is 65.1. The van der Waals surface area contributed by atoms with Gasteiger partial charge in [-0.1, -0.05) is 12.2 Å². The van der Waals surface area contributed by atoms with Gasteiger partial charge in [0, 0.05) is 50.4 Å². The van der Waals surface area contributed by atoms with E-state index >= 15 is 0 Å². The van der Waals surface area contributed by atoms with Crippen molar-refractivity contribution in [2.24, 2.45) is 11.5 Å². The minimum absolute atomic E-state index is 0.0435. The van der Waals surface area contributed by atoms with Crippen molar-refractivity contribution in [1.82, 2.24) is 43.6 Å². The van der Waals surface area contributed by atoms with Gasteiger partial charge in [-0.05, 0) is 76.9 Å². The highest BCUT2D eigenvalue weighted by Gasteiger charge is 2.37. The Kier molecular flexibility index (Phi) is 10.9. The first-order valence-corrected chi connectivity index (χ1v) is 21.1. The zero-order chi connectivity index (χ0) is 44.1. The second kappa shape index (κ2) is 16.7. The summed E-state index contributed by atoms with van der Waals surface area (Å²) in [7, 11) is 0. The van der Waals surface area contributed by atoms with Crippen LogP contribution in [0.5, 0.6) is 11.5 Å². The molecule has 0 radical (unpaired) electrons. The van der Waals surface area contributed by atoms with Gasteiger partial charge in [0.25, 0.3) is 11.8 Å². The first-order chi connectivity index (χ1) is 30.4. The Hall–Kier alpha value is -7.06. The maximum Gasteiger partial charge on any atom is 0.276 e. The third-order valence-corrected chi connectivity index (χ3v) is 11.7. The Labute approximate surface area is 361 Å². The fourth-order valence-electron chi connectivity index (χ4n) is 8.72. The van der Waals surface area contributed by atoms with Gasteiger partial charge in [0.2, 0.25) is 23.7 Å². The number of benzene rings is 2. The average molecular weight is 860 g/mol. The van der Waals surface area contributed by atoms with Crippen LogP contribution in [-0.4, -0.2) is 112 Å². The Bertz CT molecular complexity index is 2650. The van der Waals surface area contributed by atoms with Crippen LogP contribution in [0.1, 0.15) is 79.8 Å². The van der Waals surface area contributed by atoms with Crippen molar-refractivity contribution in [3.63, 3.8) is 0 Å². The summed E-state index contributed by atoms with van der Waals surface area (Å²) in [5, 5.41) is 14.8. The molecule has 328 valence electrons. The first-order valence-electron chi connectivity index (χ1n) is 21.1. The number of nitrogens with one attached hydrogen (secondary N) is 2. The number of allylic oxidation sites excluding steroid dienone is 2. The molecule has 0 spiro atoms. The molecule has 4 aromatic heterocycles. The molecule has 3 aliphatic heterocycles. The normalized spacial score (nSPS) is 18.7. The van der Waals surface area contributed by atoms with Crippen LogP contribution in [0.25, 0.3) is 22.1 Å². The van der Waals surface area contributed by atoms with Crippen LogP contribution in [0.3, 0.4) is 0 Å². The molecule has 2 atom stereocenters. The number of amides is 4. The number of anilines is 2. The lowest BCUT2D eigenvalue weighted by Crippen LogP contribution is -2.52. The first kappa shape index (κ1) is 41.3. The zero-order valence-corrected chi connectivity index (χ0v) is 35.5. The van der Waals surface area contributed by atoms with Crippen molar-refractivity contribution in [2.45, 2.75) is 85.0 Å². The van der Waals surface area contributed by atoms with E-state index in [0.29, 0.717) is 82.5 Å². The van der Waals surface area contributed by atoms with Gasteiger partial charge in [-0.25, -0.2) is 9.97 Å². The van der Waals surface area contributed by atoms with Crippen molar-refractivity contribution < 1.29 is 33.4 Å². The minimum atomic E-state index is -0.675. The highest BCUT2D eigenvalue weighted by atomic mass is 16.5. The van der Waals surface area contributed by atoms with E-state index in [0.717, 1.165) is 12.8 Å². The van der Waals surface area contributed by atoms with Gasteiger partial charge in [0.15, 0.2) is 0 Å². The summed E-state index contributed by atoms with van der Waals surface area (Å²) in [6, 6.07) is 9.36. The van der Waals surface area contributed by atoms with Gasteiger partial charge in [-0.2, -0.15) is 10.2 Å². The monoisotopic (exact) mass is 859 g/mol. The van der Waals surface area contributed by atoms with E-state index < -0.39 is 23.6 Å². The molecule has 6 aromatic rings. The molecule has 3 aliphatic rings.